The monoisotopic (exact) mass is 286 g/mol. The summed E-state index contributed by atoms with van der Waals surface area (Å²) in [6.07, 6.45) is 1.09. The molecule has 2 aromatic carbocycles. The quantitative estimate of drug-likeness (QED) is 0.852. The average molecular weight is 286 g/mol. The molecule has 2 N–H and O–H groups in total. The van der Waals surface area contributed by atoms with Crippen LogP contribution in [0.4, 0.5) is 0 Å². The van der Waals surface area contributed by atoms with Crippen LogP contribution in [0.2, 0.25) is 0 Å². The maximum Gasteiger partial charge on any atom is 0.128 e. The van der Waals surface area contributed by atoms with Crippen molar-refractivity contribution in [2.75, 3.05) is 20.6 Å². The number of benzene rings is 2. The highest BCUT2D eigenvalue weighted by atomic mass is 16.3. The molecule has 0 saturated carbocycles. The molecular formula is C18H26N2O. The van der Waals surface area contributed by atoms with Gasteiger partial charge in [-0.15, -0.1) is 0 Å². The molecule has 0 aliphatic carbocycles. The molecule has 2 aromatic rings. The van der Waals surface area contributed by atoms with Crippen molar-refractivity contribution < 1.29 is 5.11 Å². The third-order valence-corrected chi connectivity index (χ3v) is 3.94. The van der Waals surface area contributed by atoms with Crippen LogP contribution in [-0.4, -0.2) is 36.7 Å². The minimum absolute atomic E-state index is 0.131. The number of phenols is 1. The lowest BCUT2D eigenvalue weighted by molar-refractivity contribution is 0.352. The summed E-state index contributed by atoms with van der Waals surface area (Å²) < 4.78 is 0. The first kappa shape index (κ1) is 15.8. The molecule has 0 amide bonds. The number of aromatic hydroxyl groups is 1. The van der Waals surface area contributed by atoms with Crippen molar-refractivity contribution in [1.82, 2.24) is 10.2 Å². The van der Waals surface area contributed by atoms with E-state index in [1.165, 1.54) is 0 Å². The molecule has 3 heteroatoms. The van der Waals surface area contributed by atoms with Crippen LogP contribution in [0, 0.1) is 0 Å². The summed E-state index contributed by atoms with van der Waals surface area (Å²) in [4.78, 5) is 2.19. The number of fused-ring (bicyclic) bond motifs is 1. The van der Waals surface area contributed by atoms with Crippen LogP contribution in [-0.2, 0) is 0 Å². The van der Waals surface area contributed by atoms with E-state index >= 15 is 0 Å². The van der Waals surface area contributed by atoms with Gasteiger partial charge in [0.25, 0.3) is 0 Å². The molecule has 3 nitrogen and oxygen atoms in total. The molecule has 0 aromatic heterocycles. The molecule has 0 bridgehead atoms. The van der Waals surface area contributed by atoms with E-state index in [1.54, 1.807) is 0 Å². The zero-order valence-corrected chi connectivity index (χ0v) is 13.4. The number of hydrogen-bond donors (Lipinski definition) is 2. The van der Waals surface area contributed by atoms with Gasteiger partial charge in [-0.05, 0) is 46.3 Å². The molecule has 0 saturated heterocycles. The van der Waals surface area contributed by atoms with Crippen LogP contribution in [0.5, 0.6) is 5.75 Å². The number of nitrogens with zero attached hydrogens (tertiary/aromatic N) is 1. The summed E-state index contributed by atoms with van der Waals surface area (Å²) in [5, 5.41) is 16.1. The van der Waals surface area contributed by atoms with Gasteiger partial charge in [0, 0.05) is 23.0 Å². The fraction of sp³-hybridized carbons (Fsp3) is 0.444. The Bertz CT molecular complexity index is 595. The summed E-state index contributed by atoms with van der Waals surface area (Å²) >= 11 is 0. The Morgan fingerprint density at radius 1 is 1.10 bits per heavy atom. The average Bonchev–Trinajstić information content (AvgIpc) is 2.45. The van der Waals surface area contributed by atoms with Gasteiger partial charge in [-0.2, -0.15) is 0 Å². The number of phenolic OH excluding ortho intramolecular Hbond substituents is 1. The Kier molecular flexibility index (Phi) is 5.21. The second-order valence-electron chi connectivity index (χ2n) is 6.11. The zero-order valence-electron chi connectivity index (χ0n) is 13.4. The van der Waals surface area contributed by atoms with Crippen molar-refractivity contribution in [3.8, 4) is 5.75 Å². The van der Waals surface area contributed by atoms with E-state index in [4.69, 9.17) is 0 Å². The van der Waals surface area contributed by atoms with Crippen molar-refractivity contribution in [2.45, 2.75) is 32.4 Å². The molecule has 0 heterocycles. The van der Waals surface area contributed by atoms with E-state index in [1.807, 2.05) is 30.3 Å². The third kappa shape index (κ3) is 3.96. The number of nitrogens with one attached hydrogen (secondary N) is 1. The normalized spacial score (nSPS) is 14.5. The summed E-state index contributed by atoms with van der Waals surface area (Å²) in [5.74, 6) is 0.396. The Morgan fingerprint density at radius 3 is 2.52 bits per heavy atom. The van der Waals surface area contributed by atoms with Gasteiger partial charge < -0.3 is 15.3 Å². The summed E-state index contributed by atoms with van der Waals surface area (Å²) in [6.45, 7) is 5.36. The van der Waals surface area contributed by atoms with Crippen molar-refractivity contribution in [1.29, 1.82) is 0 Å². The molecule has 0 aliphatic heterocycles. The van der Waals surface area contributed by atoms with E-state index in [0.717, 1.165) is 29.3 Å². The highest BCUT2D eigenvalue weighted by Gasteiger charge is 2.14. The first-order valence-electron chi connectivity index (χ1n) is 7.60. The summed E-state index contributed by atoms with van der Waals surface area (Å²) in [5.41, 5.74) is 0.963. The standard InChI is InChI=1S/C18H26N2O/c1-13(11-12-20(3)4)19-14(2)16-10-9-15-7-5-6-8-17(15)18(16)21/h5-10,13-14,19,21H,11-12H2,1-4H3. The molecule has 114 valence electrons. The van der Waals surface area contributed by atoms with E-state index < -0.39 is 0 Å². The molecule has 0 aliphatic rings. The molecule has 2 atom stereocenters. The second-order valence-corrected chi connectivity index (χ2v) is 6.11. The Hall–Kier alpha value is -1.58. The fourth-order valence-electron chi connectivity index (χ4n) is 2.67. The number of hydrogen-bond acceptors (Lipinski definition) is 3. The van der Waals surface area contributed by atoms with Crippen LogP contribution >= 0.6 is 0 Å². The van der Waals surface area contributed by atoms with Gasteiger partial charge in [0.15, 0.2) is 0 Å². The summed E-state index contributed by atoms with van der Waals surface area (Å²) in [7, 11) is 4.18. The third-order valence-electron chi connectivity index (χ3n) is 3.94. The molecule has 2 unspecified atom stereocenters. The minimum atomic E-state index is 0.131. The van der Waals surface area contributed by atoms with E-state index in [9.17, 15) is 5.11 Å². The second kappa shape index (κ2) is 6.92. The van der Waals surface area contributed by atoms with Crippen molar-refractivity contribution >= 4 is 10.8 Å². The molecule has 0 radical (unpaired) electrons. The van der Waals surface area contributed by atoms with Gasteiger partial charge in [-0.25, -0.2) is 0 Å². The molecule has 2 rings (SSSR count). The lowest BCUT2D eigenvalue weighted by atomic mass is 10.0. The zero-order chi connectivity index (χ0) is 15.4. The topological polar surface area (TPSA) is 35.5 Å². The lowest BCUT2D eigenvalue weighted by Crippen LogP contribution is -2.31. The van der Waals surface area contributed by atoms with Crippen LogP contribution in [0.15, 0.2) is 36.4 Å². The Morgan fingerprint density at radius 2 is 1.81 bits per heavy atom. The van der Waals surface area contributed by atoms with Gasteiger partial charge in [0.2, 0.25) is 0 Å². The van der Waals surface area contributed by atoms with Gasteiger partial charge >= 0.3 is 0 Å². The number of rotatable bonds is 6. The molecular weight excluding hydrogens is 260 g/mol. The molecule has 0 spiro atoms. The highest BCUT2D eigenvalue weighted by Crippen LogP contribution is 2.32. The van der Waals surface area contributed by atoms with Crippen LogP contribution in [0.25, 0.3) is 10.8 Å². The van der Waals surface area contributed by atoms with Crippen molar-refractivity contribution in [2.24, 2.45) is 0 Å². The fourth-order valence-corrected chi connectivity index (χ4v) is 2.67. The minimum Gasteiger partial charge on any atom is -0.507 e. The van der Waals surface area contributed by atoms with Crippen LogP contribution in [0.1, 0.15) is 31.9 Å². The van der Waals surface area contributed by atoms with Crippen molar-refractivity contribution in [3.63, 3.8) is 0 Å². The van der Waals surface area contributed by atoms with Crippen LogP contribution < -0.4 is 5.32 Å². The smallest absolute Gasteiger partial charge is 0.128 e. The van der Waals surface area contributed by atoms with E-state index in [2.05, 4.69) is 44.2 Å². The predicted molar refractivity (Wildman–Crippen MR) is 89.8 cm³/mol. The molecule has 0 fully saturated rings. The summed E-state index contributed by atoms with van der Waals surface area (Å²) in [6, 6.07) is 12.6. The van der Waals surface area contributed by atoms with Crippen LogP contribution in [0.3, 0.4) is 0 Å². The van der Waals surface area contributed by atoms with Gasteiger partial charge in [-0.1, -0.05) is 36.4 Å². The maximum atomic E-state index is 10.5. The Labute approximate surface area is 127 Å². The van der Waals surface area contributed by atoms with Crippen molar-refractivity contribution in [3.05, 3.63) is 42.0 Å². The van der Waals surface area contributed by atoms with Gasteiger partial charge in [0.05, 0.1) is 0 Å². The Balaban J connectivity index is 2.12. The predicted octanol–water partition coefficient (Wildman–Crippen LogP) is 3.54. The first-order chi connectivity index (χ1) is 9.99. The maximum absolute atomic E-state index is 10.5. The highest BCUT2D eigenvalue weighted by molar-refractivity contribution is 5.89. The van der Waals surface area contributed by atoms with Gasteiger partial charge in [-0.3, -0.25) is 0 Å². The first-order valence-corrected chi connectivity index (χ1v) is 7.60. The SMILES string of the molecule is CC(CCN(C)C)NC(C)c1ccc2ccccc2c1O. The van der Waals surface area contributed by atoms with Gasteiger partial charge in [0.1, 0.15) is 5.75 Å². The lowest BCUT2D eigenvalue weighted by Gasteiger charge is -2.23. The molecule has 21 heavy (non-hydrogen) atoms. The van der Waals surface area contributed by atoms with E-state index in [-0.39, 0.29) is 6.04 Å². The largest absolute Gasteiger partial charge is 0.507 e. The van der Waals surface area contributed by atoms with E-state index in [0.29, 0.717) is 11.8 Å².